The van der Waals surface area contributed by atoms with Crippen molar-refractivity contribution in [3.63, 3.8) is 0 Å². The molecule has 1 aliphatic carbocycles. The van der Waals surface area contributed by atoms with Gasteiger partial charge in [0.2, 0.25) is 0 Å². The molecule has 18 nitrogen and oxygen atoms in total. The summed E-state index contributed by atoms with van der Waals surface area (Å²) in [5.74, 6) is -1.38. The minimum Gasteiger partial charge on any atom is -0.455 e. The molecular weight excluding hydrogens is 1120 g/mol. The van der Waals surface area contributed by atoms with Crippen LogP contribution in [0.3, 0.4) is 0 Å². The number of urea groups is 1. The lowest BCUT2D eigenvalue weighted by atomic mass is 9.96. The van der Waals surface area contributed by atoms with E-state index >= 15 is 0 Å². The molecule has 18 heteroatoms. The molecule has 3 aliphatic rings. The van der Waals surface area contributed by atoms with Crippen molar-refractivity contribution in [1.82, 2.24) is 16.0 Å². The van der Waals surface area contributed by atoms with E-state index in [9.17, 15) is 19.2 Å². The summed E-state index contributed by atoms with van der Waals surface area (Å²) in [6, 6.07) is 63.4. The smallest absolute Gasteiger partial charge is 0.407 e. The zero-order valence-electron chi connectivity index (χ0n) is 49.3. The third-order valence-corrected chi connectivity index (χ3v) is 15.3. The van der Waals surface area contributed by atoms with Crippen LogP contribution < -0.4 is 16.0 Å². The first kappa shape index (κ1) is 62.7. The van der Waals surface area contributed by atoms with Gasteiger partial charge in [-0.1, -0.05) is 200 Å². The Morgan fingerprint density at radius 2 is 0.864 bits per heavy atom. The van der Waals surface area contributed by atoms with Crippen LogP contribution >= 0.6 is 0 Å². The van der Waals surface area contributed by atoms with Gasteiger partial charge in [-0.05, 0) is 56.5 Å². The SMILES string of the molecule is CC(=O)O[C@@H]1[C@@H](OCCCNC(=O)OCC2c3ccccc3-c3ccccc32)O[C@H](CNC(=O)N[C@H]2O[C@H](COCc3ccccc3)[C@@H](OCc3ccccc3)[C@H](OCc3ccccc3)[C@@H]2OC(C)=O)[C@@H](OCc2ccccc2)[C@@H]1OCc1ccccc1. The monoisotopic (exact) mass is 1200 g/mol. The number of hydrogen-bond acceptors (Lipinski definition) is 15. The van der Waals surface area contributed by atoms with Crippen molar-refractivity contribution >= 4 is 24.1 Å². The van der Waals surface area contributed by atoms with Gasteiger partial charge in [0.05, 0.1) is 46.2 Å². The average molecular weight is 1200 g/mol. The van der Waals surface area contributed by atoms with E-state index in [0.717, 1.165) is 50.1 Å². The van der Waals surface area contributed by atoms with E-state index in [1.165, 1.54) is 13.8 Å². The zero-order chi connectivity index (χ0) is 60.9. The number of amides is 3. The summed E-state index contributed by atoms with van der Waals surface area (Å²) in [5.41, 5.74) is 8.79. The number of esters is 2. The average Bonchev–Trinajstić information content (AvgIpc) is 2.33. The Bertz CT molecular complexity index is 3250. The summed E-state index contributed by atoms with van der Waals surface area (Å²) in [6.45, 7) is 3.41. The van der Waals surface area contributed by atoms with Gasteiger partial charge < -0.3 is 68.1 Å². The molecule has 3 amide bonds. The molecule has 10 atom stereocenters. The van der Waals surface area contributed by atoms with Gasteiger partial charge in [-0.3, -0.25) is 9.59 Å². The third-order valence-electron chi connectivity index (χ3n) is 15.3. The fourth-order valence-corrected chi connectivity index (χ4v) is 11.2. The molecule has 2 saturated heterocycles. The Hall–Kier alpha value is -8.30. The Balaban J connectivity index is 0.868. The number of carbonyl (C=O) groups excluding carboxylic acids is 4. The summed E-state index contributed by atoms with van der Waals surface area (Å²) >= 11 is 0. The van der Waals surface area contributed by atoms with Crippen LogP contribution in [0.4, 0.5) is 9.59 Å². The van der Waals surface area contributed by atoms with Gasteiger partial charge in [0.25, 0.3) is 0 Å². The molecule has 0 unspecified atom stereocenters. The first-order valence-electron chi connectivity index (χ1n) is 29.8. The normalized spacial score (nSPS) is 22.1. The van der Waals surface area contributed by atoms with Crippen LogP contribution in [0.2, 0.25) is 0 Å². The highest BCUT2D eigenvalue weighted by Gasteiger charge is 2.52. The van der Waals surface area contributed by atoms with Crippen LogP contribution in [-0.2, 0) is 94.7 Å². The second-order valence-electron chi connectivity index (χ2n) is 21.7. The lowest BCUT2D eigenvalue weighted by molar-refractivity contribution is -0.314. The molecule has 0 saturated carbocycles. The van der Waals surface area contributed by atoms with Gasteiger partial charge in [0.15, 0.2) is 24.7 Å². The molecule has 7 aromatic rings. The van der Waals surface area contributed by atoms with Crippen LogP contribution in [0.1, 0.15) is 65.1 Å². The molecule has 2 heterocycles. The van der Waals surface area contributed by atoms with Crippen molar-refractivity contribution < 1.29 is 71.3 Å². The molecule has 2 aliphatic heterocycles. The van der Waals surface area contributed by atoms with Crippen LogP contribution in [0.15, 0.2) is 200 Å². The Morgan fingerprint density at radius 3 is 1.36 bits per heavy atom. The maximum absolute atomic E-state index is 14.6. The van der Waals surface area contributed by atoms with Gasteiger partial charge >= 0.3 is 24.1 Å². The van der Waals surface area contributed by atoms with Crippen molar-refractivity contribution in [3.8, 4) is 11.1 Å². The van der Waals surface area contributed by atoms with E-state index < -0.39 is 85.4 Å². The van der Waals surface area contributed by atoms with Gasteiger partial charge in [-0.15, -0.1) is 0 Å². The summed E-state index contributed by atoms with van der Waals surface area (Å²) in [7, 11) is 0. The fourth-order valence-electron chi connectivity index (χ4n) is 11.2. The maximum atomic E-state index is 14.6. The Labute approximate surface area is 513 Å². The highest BCUT2D eigenvalue weighted by molar-refractivity contribution is 5.79. The maximum Gasteiger partial charge on any atom is 0.407 e. The van der Waals surface area contributed by atoms with E-state index in [4.69, 9.17) is 52.1 Å². The van der Waals surface area contributed by atoms with E-state index in [0.29, 0.717) is 6.42 Å². The Kier molecular flexibility index (Phi) is 22.9. The van der Waals surface area contributed by atoms with Crippen LogP contribution in [0, 0.1) is 0 Å². The van der Waals surface area contributed by atoms with Crippen molar-refractivity contribution in [3.05, 3.63) is 239 Å². The number of alkyl carbamates (subject to hydrolysis) is 1. The molecule has 460 valence electrons. The minimum absolute atomic E-state index is 0.00319. The molecule has 88 heavy (non-hydrogen) atoms. The molecule has 2 fully saturated rings. The molecule has 10 rings (SSSR count). The Morgan fingerprint density at radius 1 is 0.432 bits per heavy atom. The molecule has 0 aromatic heterocycles. The number of carbonyl (C=O) groups is 4. The van der Waals surface area contributed by atoms with E-state index in [-0.39, 0.29) is 71.9 Å². The van der Waals surface area contributed by atoms with Crippen LogP contribution in [-0.4, -0.2) is 118 Å². The van der Waals surface area contributed by atoms with Gasteiger partial charge in [-0.2, -0.15) is 0 Å². The van der Waals surface area contributed by atoms with Gasteiger partial charge in [0.1, 0.15) is 43.2 Å². The minimum atomic E-state index is -1.31. The highest BCUT2D eigenvalue weighted by Crippen LogP contribution is 2.44. The molecule has 3 N–H and O–H groups in total. The van der Waals surface area contributed by atoms with Crippen molar-refractivity contribution in [2.45, 2.75) is 121 Å². The quantitative estimate of drug-likeness (QED) is 0.0237. The third kappa shape index (κ3) is 17.5. The number of fused-ring (bicyclic) bond motifs is 3. The van der Waals surface area contributed by atoms with Crippen LogP contribution in [0.5, 0.6) is 0 Å². The topological polar surface area (TPSA) is 206 Å². The summed E-state index contributed by atoms with van der Waals surface area (Å²) in [6.07, 6.45) is -11.0. The summed E-state index contributed by atoms with van der Waals surface area (Å²) in [4.78, 5) is 54.0. The number of benzene rings is 7. The van der Waals surface area contributed by atoms with Gasteiger partial charge in [-0.25, -0.2) is 9.59 Å². The highest BCUT2D eigenvalue weighted by atomic mass is 16.7. The first-order chi connectivity index (χ1) is 43.1. The number of rotatable bonds is 28. The first-order valence-corrected chi connectivity index (χ1v) is 29.8. The van der Waals surface area contributed by atoms with E-state index in [1.54, 1.807) is 0 Å². The summed E-state index contributed by atoms with van der Waals surface area (Å²) in [5, 5.41) is 8.72. The van der Waals surface area contributed by atoms with Crippen LogP contribution in [0.25, 0.3) is 11.1 Å². The van der Waals surface area contributed by atoms with E-state index in [2.05, 4.69) is 40.2 Å². The van der Waals surface area contributed by atoms with Gasteiger partial charge in [0, 0.05) is 32.9 Å². The zero-order valence-corrected chi connectivity index (χ0v) is 49.3. The van der Waals surface area contributed by atoms with Crippen molar-refractivity contribution in [2.75, 3.05) is 32.9 Å². The molecule has 0 spiro atoms. The largest absolute Gasteiger partial charge is 0.455 e. The standard InChI is InChI=1S/C70H75N3O15/c1-47(74)85-65-63(82-43-52-29-14-6-15-30-52)62(81-42-51-27-12-5-13-28-51)60(46-78-40-49-23-8-3-9-24-49)87-67(65)73-69(76)72-39-59-61(80-41-50-25-10-4-11-26-50)64(83-44-53-31-16-7-17-32-53)66(86-48(2)75)68(88-59)79-38-22-37-71-70(77)84-45-58-56-35-20-18-33-54(56)55-34-19-21-36-57(55)58/h3-21,23-36,58-68H,22,37-46H2,1-2H3,(H,71,77)(H2,72,73,76)/t59-,60-,61-,62-,63+,64+,65+,66+,67+,68+/m1/s1. The summed E-state index contributed by atoms with van der Waals surface area (Å²) < 4.78 is 70.9. The van der Waals surface area contributed by atoms with Crippen molar-refractivity contribution in [1.29, 1.82) is 0 Å². The molecule has 7 aromatic carbocycles. The number of ether oxygens (including phenoxy) is 11. The second-order valence-corrected chi connectivity index (χ2v) is 21.7. The van der Waals surface area contributed by atoms with Crippen molar-refractivity contribution in [2.24, 2.45) is 0 Å². The van der Waals surface area contributed by atoms with E-state index in [1.807, 2.05) is 176 Å². The predicted molar refractivity (Wildman–Crippen MR) is 325 cm³/mol. The lowest BCUT2D eigenvalue weighted by Crippen LogP contribution is -2.67. The predicted octanol–water partition coefficient (Wildman–Crippen LogP) is 10.1. The molecule has 0 radical (unpaired) electrons. The molecule has 0 bridgehead atoms. The molecular formula is C70H75N3O15. The number of hydrogen-bond donors (Lipinski definition) is 3. The fraction of sp³-hybridized carbons (Fsp3) is 0.343. The second kappa shape index (κ2) is 32.1. The number of nitrogens with one attached hydrogen (secondary N) is 3. The lowest BCUT2D eigenvalue weighted by Gasteiger charge is -2.46.